The van der Waals surface area contributed by atoms with Gasteiger partial charge in [0.25, 0.3) is 0 Å². The van der Waals surface area contributed by atoms with E-state index in [0.29, 0.717) is 32.7 Å². The summed E-state index contributed by atoms with van der Waals surface area (Å²) in [6, 6.07) is 9.34. The first kappa shape index (κ1) is 17.3. The number of urea groups is 1. The molecule has 2 rings (SSSR count). The highest BCUT2D eigenvalue weighted by Gasteiger charge is 2.23. The molecule has 2 N–H and O–H groups in total. The van der Waals surface area contributed by atoms with Crippen molar-refractivity contribution in [3.63, 3.8) is 0 Å². The maximum Gasteiger partial charge on any atom is 0.321 e. The van der Waals surface area contributed by atoms with Crippen LogP contribution < -0.4 is 10.6 Å². The Bertz CT molecular complexity index is 531. The van der Waals surface area contributed by atoms with Crippen LogP contribution >= 0.6 is 0 Å². The van der Waals surface area contributed by atoms with Crippen LogP contribution in [0.2, 0.25) is 0 Å². The number of nitrogens with one attached hydrogen (secondary N) is 2. The minimum Gasteiger partial charge on any atom is -0.350 e. The van der Waals surface area contributed by atoms with E-state index in [4.69, 9.17) is 0 Å². The molecule has 6 heteroatoms. The second-order valence-corrected chi connectivity index (χ2v) is 6.86. The summed E-state index contributed by atoms with van der Waals surface area (Å²) in [5.74, 6) is 0.0275. The molecule has 0 radical (unpaired) electrons. The number of amides is 3. The highest BCUT2D eigenvalue weighted by atomic mass is 16.2. The standard InChI is InChI=1S/C17H26N4O2/c1-17(2,3)19-15(22)13-20-9-11-21(12-10-20)16(23)18-14-7-5-4-6-8-14/h4-8H,9-13H2,1-3H3,(H,18,23)(H,19,22). The average molecular weight is 318 g/mol. The third kappa shape index (κ3) is 5.90. The first-order chi connectivity index (χ1) is 10.8. The predicted molar refractivity (Wildman–Crippen MR) is 91.4 cm³/mol. The zero-order valence-electron chi connectivity index (χ0n) is 14.1. The monoisotopic (exact) mass is 318 g/mol. The first-order valence-electron chi connectivity index (χ1n) is 7.98. The molecular formula is C17H26N4O2. The highest BCUT2D eigenvalue weighted by Crippen LogP contribution is 2.09. The fourth-order valence-electron chi connectivity index (χ4n) is 2.49. The third-order valence-electron chi connectivity index (χ3n) is 3.57. The molecule has 1 saturated heterocycles. The van der Waals surface area contributed by atoms with E-state index in [1.165, 1.54) is 0 Å². The number of carbonyl (C=O) groups excluding carboxylic acids is 2. The van der Waals surface area contributed by atoms with Crippen LogP contribution in [0.5, 0.6) is 0 Å². The second kappa shape index (κ2) is 7.46. The summed E-state index contributed by atoms with van der Waals surface area (Å²) in [5, 5.41) is 5.85. The van der Waals surface area contributed by atoms with Crippen molar-refractivity contribution in [3.8, 4) is 0 Å². The summed E-state index contributed by atoms with van der Waals surface area (Å²) >= 11 is 0. The van der Waals surface area contributed by atoms with Crippen molar-refractivity contribution in [2.24, 2.45) is 0 Å². The van der Waals surface area contributed by atoms with Crippen molar-refractivity contribution < 1.29 is 9.59 Å². The van der Waals surface area contributed by atoms with Gasteiger partial charge < -0.3 is 15.5 Å². The van der Waals surface area contributed by atoms with Gasteiger partial charge in [-0.05, 0) is 32.9 Å². The molecule has 0 aliphatic carbocycles. The van der Waals surface area contributed by atoms with Gasteiger partial charge in [0.1, 0.15) is 0 Å². The Morgan fingerprint density at radius 2 is 1.65 bits per heavy atom. The normalized spacial score (nSPS) is 16.0. The Morgan fingerprint density at radius 3 is 2.22 bits per heavy atom. The Balaban J connectivity index is 1.75. The van der Waals surface area contributed by atoms with E-state index >= 15 is 0 Å². The van der Waals surface area contributed by atoms with Crippen LogP contribution in [0.3, 0.4) is 0 Å². The number of hydrogen-bond acceptors (Lipinski definition) is 3. The van der Waals surface area contributed by atoms with Crippen molar-refractivity contribution in [2.45, 2.75) is 26.3 Å². The topological polar surface area (TPSA) is 64.7 Å². The van der Waals surface area contributed by atoms with Crippen LogP contribution in [0, 0.1) is 0 Å². The van der Waals surface area contributed by atoms with Gasteiger partial charge in [-0.25, -0.2) is 4.79 Å². The van der Waals surface area contributed by atoms with Gasteiger partial charge in [0, 0.05) is 37.4 Å². The molecular weight excluding hydrogens is 292 g/mol. The van der Waals surface area contributed by atoms with Crippen molar-refractivity contribution in [3.05, 3.63) is 30.3 Å². The van der Waals surface area contributed by atoms with Gasteiger partial charge in [-0.15, -0.1) is 0 Å². The third-order valence-corrected chi connectivity index (χ3v) is 3.57. The molecule has 0 unspecified atom stereocenters. The van der Waals surface area contributed by atoms with Gasteiger partial charge in [-0.3, -0.25) is 9.69 Å². The van der Waals surface area contributed by atoms with Crippen LogP contribution in [-0.4, -0.2) is 60.0 Å². The van der Waals surface area contributed by atoms with E-state index in [1.807, 2.05) is 51.1 Å². The average Bonchev–Trinajstić information content (AvgIpc) is 2.47. The number of carbonyl (C=O) groups is 2. The lowest BCUT2D eigenvalue weighted by molar-refractivity contribution is -0.123. The van der Waals surface area contributed by atoms with Crippen molar-refractivity contribution in [1.29, 1.82) is 0 Å². The lowest BCUT2D eigenvalue weighted by Gasteiger charge is -2.34. The van der Waals surface area contributed by atoms with Gasteiger partial charge in [0.2, 0.25) is 5.91 Å². The highest BCUT2D eigenvalue weighted by molar-refractivity contribution is 5.89. The molecule has 0 bridgehead atoms. The molecule has 0 saturated carbocycles. The van der Waals surface area contributed by atoms with Crippen LogP contribution in [0.4, 0.5) is 10.5 Å². The van der Waals surface area contributed by atoms with Crippen LogP contribution in [-0.2, 0) is 4.79 Å². The number of anilines is 1. The van der Waals surface area contributed by atoms with E-state index < -0.39 is 0 Å². The molecule has 3 amide bonds. The smallest absolute Gasteiger partial charge is 0.321 e. The molecule has 23 heavy (non-hydrogen) atoms. The summed E-state index contributed by atoms with van der Waals surface area (Å²) in [6.07, 6.45) is 0. The minimum absolute atomic E-state index is 0.0275. The van der Waals surface area contributed by atoms with Crippen LogP contribution in [0.1, 0.15) is 20.8 Å². The zero-order chi connectivity index (χ0) is 16.9. The molecule has 1 aromatic carbocycles. The van der Waals surface area contributed by atoms with E-state index in [-0.39, 0.29) is 17.5 Å². The Labute approximate surface area is 137 Å². The molecule has 6 nitrogen and oxygen atoms in total. The van der Waals surface area contributed by atoms with Crippen LogP contribution in [0.25, 0.3) is 0 Å². The second-order valence-electron chi connectivity index (χ2n) is 6.86. The number of nitrogens with zero attached hydrogens (tertiary/aromatic N) is 2. The van der Waals surface area contributed by atoms with E-state index in [1.54, 1.807) is 4.90 Å². The summed E-state index contributed by atoms with van der Waals surface area (Å²) in [6.45, 7) is 8.96. The summed E-state index contributed by atoms with van der Waals surface area (Å²) in [5.41, 5.74) is 0.582. The number of benzene rings is 1. The molecule has 1 fully saturated rings. The lowest BCUT2D eigenvalue weighted by Crippen LogP contribution is -2.53. The van der Waals surface area contributed by atoms with Crippen molar-refractivity contribution >= 4 is 17.6 Å². The maximum atomic E-state index is 12.2. The number of rotatable bonds is 3. The fraction of sp³-hybridized carbons (Fsp3) is 0.529. The van der Waals surface area contributed by atoms with Gasteiger partial charge >= 0.3 is 6.03 Å². The summed E-state index contributed by atoms with van der Waals surface area (Å²) in [7, 11) is 0. The number of hydrogen-bond donors (Lipinski definition) is 2. The summed E-state index contributed by atoms with van der Waals surface area (Å²) in [4.78, 5) is 28.0. The predicted octanol–water partition coefficient (Wildman–Crippen LogP) is 1.75. The van der Waals surface area contributed by atoms with Crippen LogP contribution in [0.15, 0.2) is 30.3 Å². The number of para-hydroxylation sites is 1. The molecule has 1 heterocycles. The summed E-state index contributed by atoms with van der Waals surface area (Å²) < 4.78 is 0. The van der Waals surface area contributed by atoms with Gasteiger partial charge in [-0.1, -0.05) is 18.2 Å². The van der Waals surface area contributed by atoms with Crippen molar-refractivity contribution in [2.75, 3.05) is 38.0 Å². The largest absolute Gasteiger partial charge is 0.350 e. The maximum absolute atomic E-state index is 12.2. The lowest BCUT2D eigenvalue weighted by atomic mass is 10.1. The van der Waals surface area contributed by atoms with E-state index in [0.717, 1.165) is 5.69 Å². The number of piperazine rings is 1. The molecule has 1 aliphatic heterocycles. The Hall–Kier alpha value is -2.08. The Morgan fingerprint density at radius 1 is 1.04 bits per heavy atom. The molecule has 0 aromatic heterocycles. The minimum atomic E-state index is -0.214. The van der Waals surface area contributed by atoms with E-state index in [2.05, 4.69) is 15.5 Å². The Kier molecular flexibility index (Phi) is 5.60. The zero-order valence-corrected chi connectivity index (χ0v) is 14.1. The molecule has 0 atom stereocenters. The quantitative estimate of drug-likeness (QED) is 0.892. The molecule has 1 aliphatic rings. The molecule has 1 aromatic rings. The van der Waals surface area contributed by atoms with Gasteiger partial charge in [0.05, 0.1) is 6.54 Å². The van der Waals surface area contributed by atoms with E-state index in [9.17, 15) is 9.59 Å². The SMILES string of the molecule is CC(C)(C)NC(=O)CN1CCN(C(=O)Nc2ccccc2)CC1. The fourth-order valence-corrected chi connectivity index (χ4v) is 2.49. The molecule has 0 spiro atoms. The van der Waals surface area contributed by atoms with Crippen molar-refractivity contribution in [1.82, 2.24) is 15.1 Å². The first-order valence-corrected chi connectivity index (χ1v) is 7.98. The molecule has 126 valence electrons. The van der Waals surface area contributed by atoms with Gasteiger partial charge in [-0.2, -0.15) is 0 Å². The van der Waals surface area contributed by atoms with Gasteiger partial charge in [0.15, 0.2) is 0 Å².